The fourth-order valence-corrected chi connectivity index (χ4v) is 2.27. The molecule has 2 heterocycles. The van der Waals surface area contributed by atoms with Crippen molar-refractivity contribution < 1.29 is 9.90 Å². The van der Waals surface area contributed by atoms with Crippen molar-refractivity contribution in [2.75, 3.05) is 5.32 Å². The molecule has 1 amide bonds. The van der Waals surface area contributed by atoms with Crippen LogP contribution in [-0.4, -0.2) is 20.6 Å². The van der Waals surface area contributed by atoms with Gasteiger partial charge in [-0.3, -0.25) is 4.79 Å². The van der Waals surface area contributed by atoms with Gasteiger partial charge in [-0.1, -0.05) is 24.3 Å². The van der Waals surface area contributed by atoms with E-state index in [-0.39, 0.29) is 5.91 Å². The highest BCUT2D eigenvalue weighted by Crippen LogP contribution is 2.23. The molecule has 3 aromatic rings. The molecule has 21 heavy (non-hydrogen) atoms. The second-order valence-electron chi connectivity index (χ2n) is 4.81. The minimum absolute atomic E-state index is 0.246. The molecule has 2 aromatic heterocycles. The van der Waals surface area contributed by atoms with E-state index >= 15 is 0 Å². The molecule has 0 saturated heterocycles. The number of para-hydroxylation sites is 1. The number of hydrogen-bond acceptors (Lipinski definition) is 3. The van der Waals surface area contributed by atoms with Gasteiger partial charge >= 0.3 is 0 Å². The summed E-state index contributed by atoms with van der Waals surface area (Å²) in [6, 6.07) is 12.7. The van der Waals surface area contributed by atoms with E-state index in [0.29, 0.717) is 16.8 Å². The zero-order valence-corrected chi connectivity index (χ0v) is 11.5. The van der Waals surface area contributed by atoms with E-state index in [1.165, 1.54) is 6.20 Å². The Kier molecular flexibility index (Phi) is 3.41. The van der Waals surface area contributed by atoms with Gasteiger partial charge in [0, 0.05) is 17.4 Å². The zero-order chi connectivity index (χ0) is 14.8. The number of aliphatic hydroxyl groups excluding tert-OH is 1. The lowest BCUT2D eigenvalue weighted by Crippen LogP contribution is -2.13. The molecule has 5 heteroatoms. The molecule has 106 valence electrons. The molecule has 0 fully saturated rings. The first-order valence-corrected chi connectivity index (χ1v) is 6.67. The predicted octanol–water partition coefficient (Wildman–Crippen LogP) is 2.64. The summed E-state index contributed by atoms with van der Waals surface area (Å²) in [4.78, 5) is 12.4. The maximum absolute atomic E-state index is 12.4. The van der Waals surface area contributed by atoms with Gasteiger partial charge in [-0.15, -0.1) is 0 Å². The van der Waals surface area contributed by atoms with Crippen molar-refractivity contribution in [3.63, 3.8) is 0 Å². The second-order valence-corrected chi connectivity index (χ2v) is 4.81. The van der Waals surface area contributed by atoms with E-state index in [1.54, 1.807) is 29.8 Å². The molecule has 0 spiro atoms. The summed E-state index contributed by atoms with van der Waals surface area (Å²) in [5.41, 5.74) is 2.52. The molecule has 1 aromatic carbocycles. The zero-order valence-electron chi connectivity index (χ0n) is 11.5. The second kappa shape index (κ2) is 5.38. The van der Waals surface area contributed by atoms with Crippen LogP contribution in [0.3, 0.4) is 0 Å². The van der Waals surface area contributed by atoms with Crippen molar-refractivity contribution in [1.29, 1.82) is 0 Å². The monoisotopic (exact) mass is 281 g/mol. The van der Waals surface area contributed by atoms with Crippen LogP contribution in [0.1, 0.15) is 28.9 Å². The van der Waals surface area contributed by atoms with E-state index in [4.69, 9.17) is 0 Å². The lowest BCUT2D eigenvalue weighted by atomic mass is 10.1. The first-order chi connectivity index (χ1) is 10.2. The number of aliphatic hydroxyl groups is 1. The van der Waals surface area contributed by atoms with Crippen LogP contribution in [0.25, 0.3) is 5.52 Å². The van der Waals surface area contributed by atoms with Crippen LogP contribution in [0.4, 0.5) is 5.69 Å². The minimum Gasteiger partial charge on any atom is -0.389 e. The van der Waals surface area contributed by atoms with Crippen molar-refractivity contribution in [2.24, 2.45) is 0 Å². The Morgan fingerprint density at radius 2 is 2.00 bits per heavy atom. The summed E-state index contributed by atoms with van der Waals surface area (Å²) in [6.07, 6.45) is 2.68. The number of fused-ring (bicyclic) bond motifs is 1. The third-order valence-corrected chi connectivity index (χ3v) is 3.33. The molecular weight excluding hydrogens is 266 g/mol. The molecule has 0 radical (unpaired) electrons. The van der Waals surface area contributed by atoms with Gasteiger partial charge in [0.15, 0.2) is 0 Å². The van der Waals surface area contributed by atoms with Crippen molar-refractivity contribution in [3.8, 4) is 0 Å². The minimum atomic E-state index is -0.648. The van der Waals surface area contributed by atoms with Crippen LogP contribution in [0.2, 0.25) is 0 Å². The molecule has 0 aliphatic rings. The summed E-state index contributed by atoms with van der Waals surface area (Å²) in [5.74, 6) is -0.246. The van der Waals surface area contributed by atoms with Gasteiger partial charge in [0.25, 0.3) is 5.91 Å². The number of anilines is 1. The Morgan fingerprint density at radius 1 is 1.24 bits per heavy atom. The lowest BCUT2D eigenvalue weighted by molar-refractivity contribution is 0.102. The number of benzene rings is 1. The number of rotatable bonds is 3. The molecule has 3 rings (SSSR count). The van der Waals surface area contributed by atoms with Crippen LogP contribution in [-0.2, 0) is 0 Å². The summed E-state index contributed by atoms with van der Waals surface area (Å²) in [6.45, 7) is 1.67. The Balaban J connectivity index is 1.94. The number of aromatic nitrogens is 2. The van der Waals surface area contributed by atoms with E-state index in [2.05, 4.69) is 10.4 Å². The first kappa shape index (κ1) is 13.3. The maximum atomic E-state index is 12.4. The third kappa shape index (κ3) is 2.51. The van der Waals surface area contributed by atoms with Gasteiger partial charge < -0.3 is 10.4 Å². The SMILES string of the molecule is CC(O)c1ccccc1NC(=O)c1cnn2ccccc12. The first-order valence-electron chi connectivity index (χ1n) is 6.67. The number of nitrogens with one attached hydrogen (secondary N) is 1. The van der Waals surface area contributed by atoms with Crippen molar-refractivity contribution >= 4 is 17.1 Å². The Labute approximate surface area is 121 Å². The van der Waals surface area contributed by atoms with E-state index in [9.17, 15) is 9.90 Å². The predicted molar refractivity (Wildman–Crippen MR) is 80.2 cm³/mol. The largest absolute Gasteiger partial charge is 0.389 e. The molecule has 0 aliphatic heterocycles. The number of pyridine rings is 1. The Bertz CT molecular complexity index is 793. The molecule has 1 unspecified atom stereocenters. The van der Waals surface area contributed by atoms with Crippen LogP contribution < -0.4 is 5.32 Å². The summed E-state index contributed by atoms with van der Waals surface area (Å²) < 4.78 is 1.65. The number of carbonyl (C=O) groups excluding carboxylic acids is 1. The van der Waals surface area contributed by atoms with Crippen LogP contribution >= 0.6 is 0 Å². The Hall–Kier alpha value is -2.66. The third-order valence-electron chi connectivity index (χ3n) is 3.33. The van der Waals surface area contributed by atoms with Gasteiger partial charge in [-0.2, -0.15) is 5.10 Å². The van der Waals surface area contributed by atoms with Crippen molar-refractivity contribution in [1.82, 2.24) is 9.61 Å². The van der Waals surface area contributed by atoms with Gasteiger partial charge in [0.05, 0.1) is 23.4 Å². The molecule has 5 nitrogen and oxygen atoms in total. The lowest BCUT2D eigenvalue weighted by Gasteiger charge is -2.12. The average molecular weight is 281 g/mol. The number of amides is 1. The van der Waals surface area contributed by atoms with Gasteiger partial charge in [0.1, 0.15) is 0 Å². The smallest absolute Gasteiger partial charge is 0.259 e. The molecule has 2 N–H and O–H groups in total. The fraction of sp³-hybridized carbons (Fsp3) is 0.125. The molecule has 0 aliphatic carbocycles. The van der Waals surface area contributed by atoms with Crippen molar-refractivity contribution in [2.45, 2.75) is 13.0 Å². The molecule has 0 bridgehead atoms. The molecule has 0 saturated carbocycles. The van der Waals surface area contributed by atoms with Crippen LogP contribution in [0.15, 0.2) is 54.9 Å². The number of nitrogens with zero attached hydrogens (tertiary/aromatic N) is 2. The van der Waals surface area contributed by atoms with Crippen LogP contribution in [0.5, 0.6) is 0 Å². The summed E-state index contributed by atoms with van der Waals surface area (Å²) in [7, 11) is 0. The maximum Gasteiger partial charge on any atom is 0.259 e. The normalized spacial score (nSPS) is 12.3. The van der Waals surface area contributed by atoms with Crippen molar-refractivity contribution in [3.05, 3.63) is 66.0 Å². The topological polar surface area (TPSA) is 66.6 Å². The van der Waals surface area contributed by atoms with E-state index < -0.39 is 6.10 Å². The van der Waals surface area contributed by atoms with Gasteiger partial charge in [-0.25, -0.2) is 4.52 Å². The highest BCUT2D eigenvalue weighted by molar-refractivity contribution is 6.09. The summed E-state index contributed by atoms with van der Waals surface area (Å²) in [5, 5.41) is 16.7. The quantitative estimate of drug-likeness (QED) is 0.775. The summed E-state index contributed by atoms with van der Waals surface area (Å²) >= 11 is 0. The fourth-order valence-electron chi connectivity index (χ4n) is 2.27. The number of hydrogen-bond donors (Lipinski definition) is 2. The average Bonchev–Trinajstić information content (AvgIpc) is 2.91. The van der Waals surface area contributed by atoms with E-state index in [0.717, 1.165) is 5.52 Å². The van der Waals surface area contributed by atoms with Gasteiger partial charge in [-0.05, 0) is 25.1 Å². The van der Waals surface area contributed by atoms with Crippen LogP contribution in [0, 0.1) is 0 Å². The Morgan fingerprint density at radius 3 is 2.81 bits per heavy atom. The highest BCUT2D eigenvalue weighted by atomic mass is 16.3. The standard InChI is InChI=1S/C16H15N3O2/c1-11(20)12-6-2-3-7-14(12)18-16(21)13-10-17-19-9-5-4-8-15(13)19/h2-11,20H,1H3,(H,18,21). The van der Waals surface area contributed by atoms with E-state index in [1.807, 2.05) is 30.3 Å². The highest BCUT2D eigenvalue weighted by Gasteiger charge is 2.15. The number of carbonyl (C=O) groups is 1. The molecular formula is C16H15N3O2. The van der Waals surface area contributed by atoms with Gasteiger partial charge in [0.2, 0.25) is 0 Å². The molecule has 1 atom stereocenters.